The molecule has 3 rings (SSSR count). The highest BCUT2D eigenvalue weighted by Gasteiger charge is 2.22. The first-order valence-corrected chi connectivity index (χ1v) is 8.69. The molecule has 1 nitrogen and oxygen atoms in total. The van der Waals surface area contributed by atoms with Crippen molar-refractivity contribution in [3.8, 4) is 0 Å². The van der Waals surface area contributed by atoms with E-state index in [1.807, 2.05) is 12.1 Å². The lowest BCUT2D eigenvalue weighted by atomic mass is 9.95. The van der Waals surface area contributed by atoms with Gasteiger partial charge in [-0.2, -0.15) is 0 Å². The molecule has 2 heteroatoms. The van der Waals surface area contributed by atoms with Gasteiger partial charge in [0.1, 0.15) is 0 Å². The molecular weight excluding hydrogens is 302 g/mol. The summed E-state index contributed by atoms with van der Waals surface area (Å²) >= 11 is 6.03. The second-order valence-corrected chi connectivity index (χ2v) is 6.49. The van der Waals surface area contributed by atoms with Crippen LogP contribution in [0.4, 0.5) is 0 Å². The van der Waals surface area contributed by atoms with E-state index >= 15 is 0 Å². The fourth-order valence-corrected chi connectivity index (χ4v) is 3.45. The highest BCUT2D eigenvalue weighted by Crippen LogP contribution is 2.31. The molecule has 1 atom stereocenters. The third-order valence-corrected chi connectivity index (χ3v) is 4.81. The first-order valence-electron chi connectivity index (χ1n) is 8.31. The lowest BCUT2D eigenvalue weighted by Crippen LogP contribution is -2.32. The minimum absolute atomic E-state index is 0.429. The third kappa shape index (κ3) is 4.04. The molecule has 1 aliphatic rings. The van der Waals surface area contributed by atoms with Crippen LogP contribution in [0.3, 0.4) is 0 Å². The van der Waals surface area contributed by atoms with Gasteiger partial charge >= 0.3 is 0 Å². The van der Waals surface area contributed by atoms with Gasteiger partial charge in [0.15, 0.2) is 0 Å². The van der Waals surface area contributed by atoms with E-state index in [1.165, 1.54) is 16.7 Å². The summed E-state index contributed by atoms with van der Waals surface area (Å²) in [6.45, 7) is 6.15. The van der Waals surface area contributed by atoms with Crippen molar-refractivity contribution in [2.75, 3.05) is 13.1 Å². The zero-order valence-electron chi connectivity index (χ0n) is 13.4. The summed E-state index contributed by atoms with van der Waals surface area (Å²) in [4.78, 5) is 2.56. The molecule has 0 saturated heterocycles. The second kappa shape index (κ2) is 7.81. The number of halogens is 1. The average molecular weight is 325 g/mol. The molecule has 1 radical (unpaired) electrons. The molecule has 0 N–H and O–H groups in total. The standard InChI is InChI=1S/C21H23ClN/c1-2-6-21(19-9-11-20(22)12-10-19)23-15-13-18(14-16-23)17-7-4-3-5-8-17/h3-5,7-13,21H,1-2,6,14-16H2. The quantitative estimate of drug-likeness (QED) is 0.673. The van der Waals surface area contributed by atoms with Crippen molar-refractivity contribution in [3.05, 3.63) is 83.7 Å². The van der Waals surface area contributed by atoms with Gasteiger partial charge in [-0.05, 0) is 41.7 Å². The number of nitrogens with zero attached hydrogens (tertiary/aromatic N) is 1. The number of hydrogen-bond acceptors (Lipinski definition) is 1. The zero-order chi connectivity index (χ0) is 16.1. The molecule has 0 saturated carbocycles. The average Bonchev–Trinajstić information content (AvgIpc) is 2.62. The maximum atomic E-state index is 6.03. The fraction of sp³-hybridized carbons (Fsp3) is 0.286. The molecule has 2 aromatic carbocycles. The van der Waals surface area contributed by atoms with Crippen LogP contribution in [0.15, 0.2) is 60.7 Å². The number of benzene rings is 2. The molecule has 0 aromatic heterocycles. The van der Waals surface area contributed by atoms with Gasteiger partial charge in [0.25, 0.3) is 0 Å². The zero-order valence-corrected chi connectivity index (χ0v) is 14.2. The maximum absolute atomic E-state index is 6.03. The minimum atomic E-state index is 0.429. The molecule has 0 aliphatic carbocycles. The van der Waals surface area contributed by atoms with Crippen molar-refractivity contribution in [1.29, 1.82) is 0 Å². The van der Waals surface area contributed by atoms with Gasteiger partial charge in [-0.25, -0.2) is 0 Å². The molecule has 0 spiro atoms. The van der Waals surface area contributed by atoms with E-state index in [-0.39, 0.29) is 0 Å². The van der Waals surface area contributed by atoms with Gasteiger partial charge in [0.2, 0.25) is 0 Å². The monoisotopic (exact) mass is 324 g/mol. The van der Waals surface area contributed by atoms with Gasteiger partial charge in [0, 0.05) is 24.2 Å². The van der Waals surface area contributed by atoms with Gasteiger partial charge in [0.05, 0.1) is 0 Å². The highest BCUT2D eigenvalue weighted by molar-refractivity contribution is 6.30. The van der Waals surface area contributed by atoms with Gasteiger partial charge in [-0.1, -0.05) is 73.5 Å². The molecule has 1 heterocycles. The van der Waals surface area contributed by atoms with Crippen molar-refractivity contribution in [2.24, 2.45) is 0 Å². The van der Waals surface area contributed by atoms with E-state index in [1.54, 1.807) is 0 Å². The summed E-state index contributed by atoms with van der Waals surface area (Å²) in [5.41, 5.74) is 4.16. The normalized spacial score (nSPS) is 16.9. The van der Waals surface area contributed by atoms with Crippen LogP contribution in [0.25, 0.3) is 5.57 Å². The smallest absolute Gasteiger partial charge is 0.0406 e. The van der Waals surface area contributed by atoms with E-state index in [2.05, 4.69) is 60.4 Å². The molecule has 0 fully saturated rings. The van der Waals surface area contributed by atoms with Crippen LogP contribution >= 0.6 is 11.6 Å². The Balaban J connectivity index is 1.75. The van der Waals surface area contributed by atoms with E-state index in [4.69, 9.17) is 11.6 Å². The summed E-state index contributed by atoms with van der Waals surface area (Å²) < 4.78 is 0. The van der Waals surface area contributed by atoms with Crippen LogP contribution in [0.1, 0.15) is 36.4 Å². The first kappa shape index (κ1) is 16.3. The Bertz CT molecular complexity index is 645. The topological polar surface area (TPSA) is 3.24 Å². The predicted octanol–water partition coefficient (Wildman–Crippen LogP) is 5.78. The summed E-state index contributed by atoms with van der Waals surface area (Å²) in [5, 5.41) is 0.798. The molecule has 0 bridgehead atoms. The molecule has 23 heavy (non-hydrogen) atoms. The van der Waals surface area contributed by atoms with Crippen molar-refractivity contribution >= 4 is 17.2 Å². The Morgan fingerprint density at radius 2 is 1.78 bits per heavy atom. The van der Waals surface area contributed by atoms with Gasteiger partial charge in [-0.3, -0.25) is 4.90 Å². The van der Waals surface area contributed by atoms with Crippen molar-refractivity contribution < 1.29 is 0 Å². The van der Waals surface area contributed by atoms with Crippen LogP contribution in [-0.4, -0.2) is 18.0 Å². The van der Waals surface area contributed by atoms with Crippen molar-refractivity contribution in [1.82, 2.24) is 4.90 Å². The molecule has 119 valence electrons. The predicted molar refractivity (Wildman–Crippen MR) is 99.4 cm³/mol. The Labute approximate surface area is 144 Å². The van der Waals surface area contributed by atoms with Gasteiger partial charge < -0.3 is 0 Å². The summed E-state index contributed by atoms with van der Waals surface area (Å²) in [6.07, 6.45) is 5.51. The molecular formula is C21H23ClN. The number of hydrogen-bond donors (Lipinski definition) is 0. The SMILES string of the molecule is [CH2]CCC(c1ccc(Cl)cc1)N1CC=C(c2ccccc2)CC1. The van der Waals surface area contributed by atoms with Crippen LogP contribution in [0.2, 0.25) is 5.02 Å². The van der Waals surface area contributed by atoms with Crippen LogP contribution < -0.4 is 0 Å². The van der Waals surface area contributed by atoms with E-state index in [0.717, 1.165) is 37.4 Å². The Morgan fingerprint density at radius 1 is 1.04 bits per heavy atom. The number of rotatable bonds is 5. The minimum Gasteiger partial charge on any atom is -0.292 e. The van der Waals surface area contributed by atoms with Crippen molar-refractivity contribution in [2.45, 2.75) is 25.3 Å². The summed E-state index contributed by atoms with van der Waals surface area (Å²) in [6, 6.07) is 19.4. The highest BCUT2D eigenvalue weighted by atomic mass is 35.5. The summed E-state index contributed by atoms with van der Waals surface area (Å²) in [7, 11) is 0. The third-order valence-electron chi connectivity index (χ3n) is 4.56. The largest absolute Gasteiger partial charge is 0.292 e. The van der Waals surface area contributed by atoms with Crippen LogP contribution in [0.5, 0.6) is 0 Å². The molecule has 1 unspecified atom stereocenters. The van der Waals surface area contributed by atoms with Gasteiger partial charge in [-0.15, -0.1) is 0 Å². The Kier molecular flexibility index (Phi) is 5.53. The van der Waals surface area contributed by atoms with Crippen molar-refractivity contribution in [3.63, 3.8) is 0 Å². The Morgan fingerprint density at radius 3 is 2.39 bits per heavy atom. The molecule has 0 amide bonds. The van der Waals surface area contributed by atoms with E-state index in [0.29, 0.717) is 6.04 Å². The lowest BCUT2D eigenvalue weighted by molar-refractivity contribution is 0.208. The van der Waals surface area contributed by atoms with Crippen LogP contribution in [0, 0.1) is 6.92 Å². The van der Waals surface area contributed by atoms with Crippen LogP contribution in [-0.2, 0) is 0 Å². The second-order valence-electron chi connectivity index (χ2n) is 6.05. The molecule has 2 aromatic rings. The summed E-state index contributed by atoms with van der Waals surface area (Å²) in [5.74, 6) is 0. The molecule has 1 aliphatic heterocycles. The lowest BCUT2D eigenvalue weighted by Gasteiger charge is -2.34. The maximum Gasteiger partial charge on any atom is 0.0406 e. The van der Waals surface area contributed by atoms with E-state index in [9.17, 15) is 0 Å². The fourth-order valence-electron chi connectivity index (χ4n) is 3.32. The Hall–Kier alpha value is -1.57. The van der Waals surface area contributed by atoms with E-state index < -0.39 is 0 Å². The first-order chi connectivity index (χ1) is 11.3.